The summed E-state index contributed by atoms with van der Waals surface area (Å²) in [4.78, 5) is 0. The lowest BCUT2D eigenvalue weighted by Gasteiger charge is -2.10. The molecular formula is C38H21NS. The smallest absolute Gasteiger partial charge is 0.0547 e. The Morgan fingerprint density at radius 1 is 0.425 bits per heavy atom. The second-order valence-electron chi connectivity index (χ2n) is 10.9. The summed E-state index contributed by atoms with van der Waals surface area (Å²) in [5.74, 6) is 0. The maximum atomic E-state index is 2.47. The van der Waals surface area contributed by atoms with Crippen LogP contribution in [0, 0.1) is 0 Å². The van der Waals surface area contributed by atoms with Crippen molar-refractivity contribution in [3.63, 3.8) is 0 Å². The average Bonchev–Trinajstić information content (AvgIpc) is 3.64. The SMILES string of the molecule is c1ccc2cc3c(cc2c1)sc1ccc(-n2c4ccccc4c4c5c(ccc42)-c2cccc4cccc-5c24)cc13. The van der Waals surface area contributed by atoms with Gasteiger partial charge in [-0.3, -0.25) is 0 Å². The minimum atomic E-state index is 1.21. The first-order valence-electron chi connectivity index (χ1n) is 13.8. The number of fused-ring (bicyclic) bond motifs is 11. The minimum absolute atomic E-state index is 1.21. The van der Waals surface area contributed by atoms with Crippen LogP contribution in [0.25, 0.3) is 91.5 Å². The molecule has 0 unspecified atom stereocenters. The molecule has 0 saturated heterocycles. The van der Waals surface area contributed by atoms with Crippen LogP contribution in [0.5, 0.6) is 0 Å². The number of thiophene rings is 1. The molecule has 0 fully saturated rings. The lowest BCUT2D eigenvalue weighted by Crippen LogP contribution is -1.93. The van der Waals surface area contributed by atoms with Crippen LogP contribution in [0.4, 0.5) is 0 Å². The lowest BCUT2D eigenvalue weighted by molar-refractivity contribution is 1.19. The number of hydrogen-bond acceptors (Lipinski definition) is 1. The van der Waals surface area contributed by atoms with E-state index in [0.717, 1.165) is 0 Å². The first-order chi connectivity index (χ1) is 19.8. The largest absolute Gasteiger partial charge is 0.309 e. The van der Waals surface area contributed by atoms with Gasteiger partial charge in [-0.05, 0) is 80.7 Å². The Labute approximate surface area is 234 Å². The van der Waals surface area contributed by atoms with Crippen molar-refractivity contribution >= 4 is 74.9 Å². The molecule has 0 saturated carbocycles. The Balaban J connectivity index is 1.31. The van der Waals surface area contributed by atoms with E-state index < -0.39 is 0 Å². The van der Waals surface area contributed by atoms with Crippen molar-refractivity contribution in [1.82, 2.24) is 4.57 Å². The zero-order valence-electron chi connectivity index (χ0n) is 21.5. The summed E-state index contributed by atoms with van der Waals surface area (Å²) in [6, 6.07) is 47.4. The van der Waals surface area contributed by atoms with Gasteiger partial charge in [0.05, 0.1) is 11.0 Å². The topological polar surface area (TPSA) is 4.93 Å². The lowest BCUT2D eigenvalue weighted by atomic mass is 9.98. The van der Waals surface area contributed by atoms with E-state index in [2.05, 4.69) is 132 Å². The molecule has 0 bridgehead atoms. The molecular weight excluding hydrogens is 502 g/mol. The van der Waals surface area contributed by atoms with Gasteiger partial charge in [-0.2, -0.15) is 0 Å². The van der Waals surface area contributed by atoms with E-state index in [1.165, 1.54) is 91.5 Å². The van der Waals surface area contributed by atoms with Crippen LogP contribution in [0.1, 0.15) is 0 Å². The summed E-state index contributed by atoms with van der Waals surface area (Å²) in [5, 5.41) is 10.6. The van der Waals surface area contributed by atoms with E-state index in [4.69, 9.17) is 0 Å². The van der Waals surface area contributed by atoms with E-state index in [0.29, 0.717) is 0 Å². The van der Waals surface area contributed by atoms with Gasteiger partial charge < -0.3 is 4.57 Å². The summed E-state index contributed by atoms with van der Waals surface area (Å²) in [5.41, 5.74) is 9.12. The first-order valence-corrected chi connectivity index (χ1v) is 14.6. The number of para-hydroxylation sites is 1. The molecule has 1 aliphatic carbocycles. The molecule has 10 rings (SSSR count). The van der Waals surface area contributed by atoms with Crippen molar-refractivity contribution in [3.8, 4) is 27.9 Å². The van der Waals surface area contributed by atoms with Gasteiger partial charge in [0.2, 0.25) is 0 Å². The molecule has 184 valence electrons. The molecule has 0 atom stereocenters. The number of benzene rings is 7. The Morgan fingerprint density at radius 2 is 1.18 bits per heavy atom. The highest BCUT2D eigenvalue weighted by molar-refractivity contribution is 7.25. The van der Waals surface area contributed by atoms with Gasteiger partial charge in [0.15, 0.2) is 0 Å². The van der Waals surface area contributed by atoms with E-state index in [-0.39, 0.29) is 0 Å². The highest BCUT2D eigenvalue weighted by Gasteiger charge is 2.26. The number of hydrogen-bond donors (Lipinski definition) is 0. The summed E-state index contributed by atoms with van der Waals surface area (Å²) in [6.45, 7) is 0. The molecule has 0 amide bonds. The zero-order valence-corrected chi connectivity index (χ0v) is 22.3. The Hall–Kier alpha value is -4.92. The number of rotatable bonds is 1. The molecule has 0 aliphatic heterocycles. The van der Waals surface area contributed by atoms with E-state index in [1.54, 1.807) is 0 Å². The highest BCUT2D eigenvalue weighted by Crippen LogP contribution is 2.52. The standard InChI is InChI=1S/C38H21NS/c1-2-8-24-20-35-30(19-23(24)7-1)31-21-25(15-18-34(31)40-35)39-32-14-4-3-11-28(32)38-33(39)17-16-27-26-12-5-9-22-10-6-13-29(36(22)26)37(27)38/h1-21H. The Kier molecular flexibility index (Phi) is 3.87. The first kappa shape index (κ1) is 21.0. The van der Waals surface area contributed by atoms with Gasteiger partial charge in [-0.15, -0.1) is 11.3 Å². The monoisotopic (exact) mass is 523 g/mol. The molecule has 40 heavy (non-hydrogen) atoms. The molecule has 2 heteroatoms. The van der Waals surface area contributed by atoms with Crippen LogP contribution in [-0.2, 0) is 0 Å². The van der Waals surface area contributed by atoms with Crippen molar-refractivity contribution < 1.29 is 0 Å². The van der Waals surface area contributed by atoms with Gasteiger partial charge in [0.1, 0.15) is 0 Å². The third-order valence-corrected chi connectivity index (χ3v) is 10.0. The number of nitrogens with zero attached hydrogens (tertiary/aromatic N) is 1. The van der Waals surface area contributed by atoms with Gasteiger partial charge in [-0.25, -0.2) is 0 Å². The maximum absolute atomic E-state index is 2.47. The van der Waals surface area contributed by atoms with Crippen molar-refractivity contribution in [2.75, 3.05) is 0 Å². The summed E-state index contributed by atoms with van der Waals surface area (Å²) < 4.78 is 5.15. The second-order valence-corrected chi connectivity index (χ2v) is 12.0. The fourth-order valence-electron chi connectivity index (χ4n) is 7.21. The maximum Gasteiger partial charge on any atom is 0.0547 e. The molecule has 9 aromatic rings. The van der Waals surface area contributed by atoms with Crippen LogP contribution in [0.2, 0.25) is 0 Å². The fourth-order valence-corrected chi connectivity index (χ4v) is 8.32. The Morgan fingerprint density at radius 3 is 2.08 bits per heavy atom. The second kappa shape index (κ2) is 7.38. The van der Waals surface area contributed by atoms with E-state index >= 15 is 0 Å². The van der Waals surface area contributed by atoms with Gasteiger partial charge >= 0.3 is 0 Å². The molecule has 0 radical (unpaired) electrons. The van der Waals surface area contributed by atoms with Gasteiger partial charge in [-0.1, -0.05) is 84.9 Å². The van der Waals surface area contributed by atoms with Crippen molar-refractivity contribution in [1.29, 1.82) is 0 Å². The van der Waals surface area contributed by atoms with E-state index in [9.17, 15) is 0 Å². The normalized spacial score (nSPS) is 12.5. The van der Waals surface area contributed by atoms with Crippen LogP contribution < -0.4 is 0 Å². The van der Waals surface area contributed by atoms with Crippen molar-refractivity contribution in [2.24, 2.45) is 0 Å². The minimum Gasteiger partial charge on any atom is -0.309 e. The number of aromatic nitrogens is 1. The summed E-state index contributed by atoms with van der Waals surface area (Å²) in [7, 11) is 0. The Bertz CT molecular complexity index is 2540. The zero-order chi connectivity index (χ0) is 25.9. The van der Waals surface area contributed by atoms with Crippen LogP contribution in [-0.4, -0.2) is 4.57 Å². The predicted octanol–water partition coefficient (Wildman–Crippen LogP) is 11.1. The van der Waals surface area contributed by atoms with Crippen LogP contribution in [0.3, 0.4) is 0 Å². The molecule has 0 spiro atoms. The van der Waals surface area contributed by atoms with Crippen LogP contribution >= 0.6 is 11.3 Å². The molecule has 0 N–H and O–H groups in total. The van der Waals surface area contributed by atoms with E-state index in [1.807, 2.05) is 11.3 Å². The summed E-state index contributed by atoms with van der Waals surface area (Å²) >= 11 is 1.89. The summed E-state index contributed by atoms with van der Waals surface area (Å²) in [6.07, 6.45) is 0. The molecule has 1 nitrogen and oxygen atoms in total. The molecule has 1 aliphatic rings. The molecule has 2 heterocycles. The van der Waals surface area contributed by atoms with Gasteiger partial charge in [0.25, 0.3) is 0 Å². The van der Waals surface area contributed by atoms with Gasteiger partial charge in [0, 0.05) is 42.2 Å². The molecule has 2 aromatic heterocycles. The highest BCUT2D eigenvalue weighted by atomic mass is 32.1. The third kappa shape index (κ3) is 2.57. The molecule has 7 aromatic carbocycles. The predicted molar refractivity (Wildman–Crippen MR) is 173 cm³/mol. The third-order valence-electron chi connectivity index (χ3n) is 8.88. The average molecular weight is 524 g/mol. The van der Waals surface area contributed by atoms with Crippen molar-refractivity contribution in [3.05, 3.63) is 127 Å². The van der Waals surface area contributed by atoms with Crippen molar-refractivity contribution in [2.45, 2.75) is 0 Å². The fraction of sp³-hybridized carbons (Fsp3) is 0. The van der Waals surface area contributed by atoms with Crippen LogP contribution in [0.15, 0.2) is 127 Å². The quantitative estimate of drug-likeness (QED) is 0.202.